The van der Waals surface area contributed by atoms with E-state index in [0.717, 1.165) is 12.1 Å². The number of hydrogen-bond donors (Lipinski definition) is 0. The lowest BCUT2D eigenvalue weighted by Crippen LogP contribution is -2.18. The van der Waals surface area contributed by atoms with E-state index in [1.54, 1.807) is 0 Å². The molecule has 0 radical (unpaired) electrons. The molecule has 0 unspecified atom stereocenters. The Kier molecular flexibility index (Phi) is 3.41. The van der Waals surface area contributed by atoms with Gasteiger partial charge in [0.25, 0.3) is 0 Å². The minimum atomic E-state index is -5.03. The first kappa shape index (κ1) is 13.1. The van der Waals surface area contributed by atoms with Crippen LogP contribution in [-0.2, 0) is 6.18 Å². The van der Waals surface area contributed by atoms with E-state index in [-0.39, 0.29) is 0 Å². The fourth-order valence-corrected chi connectivity index (χ4v) is 1.50. The number of alkyl halides is 6. The molecule has 0 N–H and O–H groups in total. The van der Waals surface area contributed by atoms with Crippen molar-refractivity contribution < 1.29 is 31.1 Å². The van der Waals surface area contributed by atoms with Crippen molar-refractivity contribution in [3.05, 3.63) is 28.2 Å². The lowest BCUT2D eigenvalue weighted by molar-refractivity contribution is -0.275. The highest BCUT2D eigenvalue weighted by molar-refractivity contribution is 9.10. The molecule has 1 aromatic rings. The first-order valence-corrected chi connectivity index (χ1v) is 4.52. The number of rotatable bonds is 1. The molecular formula is C8H3BrF6O. The van der Waals surface area contributed by atoms with Gasteiger partial charge in [0, 0.05) is 0 Å². The smallest absolute Gasteiger partial charge is 0.405 e. The van der Waals surface area contributed by atoms with Gasteiger partial charge in [-0.15, -0.1) is 13.2 Å². The molecule has 8 heteroatoms. The SMILES string of the molecule is FC(F)(F)Oc1cccc(C(F)(F)F)c1Br. The third-order valence-electron chi connectivity index (χ3n) is 1.49. The van der Waals surface area contributed by atoms with Crippen LogP contribution >= 0.6 is 15.9 Å². The molecule has 16 heavy (non-hydrogen) atoms. The summed E-state index contributed by atoms with van der Waals surface area (Å²) in [6.45, 7) is 0. The molecule has 0 heterocycles. The number of halogens is 7. The summed E-state index contributed by atoms with van der Waals surface area (Å²) < 4.78 is 75.0. The molecule has 0 aromatic heterocycles. The van der Waals surface area contributed by atoms with Crippen molar-refractivity contribution in [1.29, 1.82) is 0 Å². The molecule has 1 rings (SSSR count). The van der Waals surface area contributed by atoms with Crippen LogP contribution in [0, 0.1) is 0 Å². The molecule has 1 nitrogen and oxygen atoms in total. The summed E-state index contributed by atoms with van der Waals surface area (Å²) in [5.74, 6) is -0.928. The summed E-state index contributed by atoms with van der Waals surface area (Å²) >= 11 is 2.42. The lowest BCUT2D eigenvalue weighted by Gasteiger charge is -2.14. The average molecular weight is 309 g/mol. The Morgan fingerprint density at radius 1 is 1.00 bits per heavy atom. The number of benzene rings is 1. The zero-order chi connectivity index (χ0) is 12.6. The molecule has 0 bridgehead atoms. The Bertz CT molecular complexity index is 383. The zero-order valence-electron chi connectivity index (χ0n) is 7.29. The molecule has 0 spiro atoms. The molecule has 90 valence electrons. The van der Waals surface area contributed by atoms with Gasteiger partial charge < -0.3 is 4.74 Å². The van der Waals surface area contributed by atoms with Gasteiger partial charge in [0.15, 0.2) is 0 Å². The second-order valence-corrected chi connectivity index (χ2v) is 3.46. The lowest BCUT2D eigenvalue weighted by atomic mass is 10.2. The number of hydrogen-bond acceptors (Lipinski definition) is 1. The van der Waals surface area contributed by atoms with Crippen molar-refractivity contribution in [3.63, 3.8) is 0 Å². The van der Waals surface area contributed by atoms with Crippen LogP contribution in [0.25, 0.3) is 0 Å². The molecule has 0 atom stereocenters. The van der Waals surface area contributed by atoms with Crippen molar-refractivity contribution >= 4 is 15.9 Å². The Hall–Kier alpha value is -0.920. The highest BCUT2D eigenvalue weighted by atomic mass is 79.9. The quantitative estimate of drug-likeness (QED) is 0.700. The highest BCUT2D eigenvalue weighted by Crippen LogP contribution is 2.40. The van der Waals surface area contributed by atoms with Crippen LogP contribution in [0.15, 0.2) is 22.7 Å². The molecule has 0 fully saturated rings. The first-order chi connectivity index (χ1) is 7.11. The first-order valence-electron chi connectivity index (χ1n) is 3.73. The van der Waals surface area contributed by atoms with E-state index < -0.39 is 28.3 Å². The van der Waals surface area contributed by atoms with E-state index in [1.807, 2.05) is 0 Å². The molecule has 0 aliphatic heterocycles. The topological polar surface area (TPSA) is 9.23 Å². The zero-order valence-corrected chi connectivity index (χ0v) is 8.87. The van der Waals surface area contributed by atoms with E-state index >= 15 is 0 Å². The second-order valence-electron chi connectivity index (χ2n) is 2.66. The standard InChI is InChI=1S/C8H3BrF6O/c9-6-4(7(10,11)12)2-1-3-5(6)16-8(13,14)15/h1-3H. The summed E-state index contributed by atoms with van der Waals surface area (Å²) in [5, 5.41) is 0. The van der Waals surface area contributed by atoms with Gasteiger partial charge in [-0.25, -0.2) is 0 Å². The minimum Gasteiger partial charge on any atom is -0.405 e. The maximum atomic E-state index is 12.3. The molecule has 0 amide bonds. The van der Waals surface area contributed by atoms with E-state index in [0.29, 0.717) is 6.07 Å². The Morgan fingerprint density at radius 2 is 1.56 bits per heavy atom. The Labute approximate surface area is 94.1 Å². The predicted molar refractivity (Wildman–Crippen MR) is 45.8 cm³/mol. The molecule has 0 saturated heterocycles. The van der Waals surface area contributed by atoms with Crippen molar-refractivity contribution in [1.82, 2.24) is 0 Å². The van der Waals surface area contributed by atoms with Gasteiger partial charge in [0.1, 0.15) is 5.75 Å². The molecular weight excluding hydrogens is 306 g/mol. The van der Waals surface area contributed by atoms with Crippen molar-refractivity contribution in [3.8, 4) is 5.75 Å². The van der Waals surface area contributed by atoms with Gasteiger partial charge in [-0.1, -0.05) is 6.07 Å². The summed E-state index contributed by atoms with van der Waals surface area (Å²) in [6.07, 6.45) is -9.78. The van der Waals surface area contributed by atoms with Gasteiger partial charge in [-0.3, -0.25) is 0 Å². The second kappa shape index (κ2) is 4.15. The van der Waals surface area contributed by atoms with E-state index in [1.165, 1.54) is 0 Å². The minimum absolute atomic E-state index is 0.646. The third-order valence-corrected chi connectivity index (χ3v) is 2.31. The summed E-state index contributed by atoms with van der Waals surface area (Å²) in [7, 11) is 0. The Morgan fingerprint density at radius 3 is 2.00 bits per heavy atom. The fourth-order valence-electron chi connectivity index (χ4n) is 0.933. The average Bonchev–Trinajstić information content (AvgIpc) is 2.04. The van der Waals surface area contributed by atoms with E-state index in [2.05, 4.69) is 20.7 Å². The van der Waals surface area contributed by atoms with Gasteiger partial charge in [-0.2, -0.15) is 13.2 Å². The van der Waals surface area contributed by atoms with Gasteiger partial charge in [0.05, 0.1) is 10.0 Å². The van der Waals surface area contributed by atoms with Crippen LogP contribution in [0.2, 0.25) is 0 Å². The fraction of sp³-hybridized carbons (Fsp3) is 0.250. The number of ether oxygens (including phenoxy) is 1. The van der Waals surface area contributed by atoms with Crippen LogP contribution in [0.3, 0.4) is 0 Å². The largest absolute Gasteiger partial charge is 0.573 e. The maximum absolute atomic E-state index is 12.3. The van der Waals surface area contributed by atoms with Crippen molar-refractivity contribution in [2.24, 2.45) is 0 Å². The highest BCUT2D eigenvalue weighted by Gasteiger charge is 2.37. The predicted octanol–water partition coefficient (Wildman–Crippen LogP) is 4.37. The third kappa shape index (κ3) is 3.29. The molecule has 0 aliphatic rings. The Balaban J connectivity index is 3.15. The van der Waals surface area contributed by atoms with Crippen LogP contribution in [0.5, 0.6) is 5.75 Å². The van der Waals surface area contributed by atoms with Crippen LogP contribution in [-0.4, -0.2) is 6.36 Å². The maximum Gasteiger partial charge on any atom is 0.573 e. The normalized spacial score (nSPS) is 12.7. The monoisotopic (exact) mass is 308 g/mol. The van der Waals surface area contributed by atoms with Crippen molar-refractivity contribution in [2.75, 3.05) is 0 Å². The van der Waals surface area contributed by atoms with Gasteiger partial charge in [0.2, 0.25) is 0 Å². The van der Waals surface area contributed by atoms with Crippen LogP contribution in [0.4, 0.5) is 26.3 Å². The molecule has 0 aliphatic carbocycles. The van der Waals surface area contributed by atoms with Crippen LogP contribution in [0.1, 0.15) is 5.56 Å². The summed E-state index contributed by atoms with van der Waals surface area (Å²) in [6, 6.07) is 2.26. The molecule has 0 saturated carbocycles. The summed E-state index contributed by atoms with van der Waals surface area (Å²) in [5.41, 5.74) is -1.23. The van der Waals surface area contributed by atoms with Crippen molar-refractivity contribution in [2.45, 2.75) is 12.5 Å². The van der Waals surface area contributed by atoms with E-state index in [9.17, 15) is 26.3 Å². The van der Waals surface area contributed by atoms with Gasteiger partial charge in [-0.05, 0) is 28.1 Å². The summed E-state index contributed by atoms with van der Waals surface area (Å²) in [4.78, 5) is 0. The van der Waals surface area contributed by atoms with Crippen LogP contribution < -0.4 is 4.74 Å². The molecule has 1 aromatic carbocycles. The van der Waals surface area contributed by atoms with E-state index in [4.69, 9.17) is 0 Å². The van der Waals surface area contributed by atoms with Gasteiger partial charge >= 0.3 is 12.5 Å².